The van der Waals surface area contributed by atoms with Gasteiger partial charge in [-0.2, -0.15) is 4.98 Å². The van der Waals surface area contributed by atoms with Crippen molar-refractivity contribution in [2.75, 3.05) is 38.7 Å². The van der Waals surface area contributed by atoms with Crippen LogP contribution < -0.4 is 9.64 Å². The average molecular weight is 368 g/mol. The molecule has 2 aliphatic rings. The molecule has 1 aromatic carbocycles. The first kappa shape index (κ1) is 17.7. The molecule has 1 saturated heterocycles. The molecule has 7 nitrogen and oxygen atoms in total. The smallest absolute Gasteiger partial charge is 0.256 e. The van der Waals surface area contributed by atoms with Gasteiger partial charge in [-0.05, 0) is 17.5 Å². The topological polar surface area (TPSA) is 67.8 Å². The Balaban J connectivity index is 1.41. The van der Waals surface area contributed by atoms with Crippen molar-refractivity contribution in [1.82, 2.24) is 14.9 Å². The third-order valence-corrected chi connectivity index (χ3v) is 5.02. The summed E-state index contributed by atoms with van der Waals surface area (Å²) in [6.07, 6.45) is 4.33. The van der Waals surface area contributed by atoms with Crippen molar-refractivity contribution < 1.29 is 14.3 Å². The Kier molecular flexibility index (Phi) is 4.94. The van der Waals surface area contributed by atoms with E-state index in [9.17, 15) is 4.79 Å². The number of ether oxygens (including phenoxy) is 2. The number of nitrogens with zero attached hydrogens (tertiary/aromatic N) is 4. The number of anilines is 1. The van der Waals surface area contributed by atoms with Crippen LogP contribution in [-0.2, 0) is 16.0 Å². The number of carbonyl (C=O) groups is 1. The third-order valence-electron chi connectivity index (χ3n) is 5.02. The zero-order valence-corrected chi connectivity index (χ0v) is 15.7. The van der Waals surface area contributed by atoms with Gasteiger partial charge in [-0.3, -0.25) is 9.78 Å². The van der Waals surface area contributed by atoms with E-state index in [-0.39, 0.29) is 12.0 Å². The van der Waals surface area contributed by atoms with Crippen LogP contribution in [0.5, 0.6) is 5.88 Å². The monoisotopic (exact) mass is 368 g/mol. The molecule has 0 radical (unpaired) electrons. The zero-order chi connectivity index (χ0) is 18.8. The molecule has 2 aliphatic heterocycles. The molecule has 0 bridgehead atoms. The van der Waals surface area contributed by atoms with E-state index in [2.05, 4.69) is 16.0 Å². The maximum absolute atomic E-state index is 13.0. The van der Waals surface area contributed by atoms with Crippen molar-refractivity contribution in [1.29, 1.82) is 0 Å². The number of hydrogen-bond donors (Lipinski definition) is 0. The lowest BCUT2D eigenvalue weighted by atomic mass is 9.97. The molecule has 3 heterocycles. The van der Waals surface area contributed by atoms with Crippen molar-refractivity contribution in [3.63, 3.8) is 0 Å². The molecule has 0 aliphatic carbocycles. The predicted octanol–water partition coefficient (Wildman–Crippen LogP) is 1.84. The molecule has 1 aromatic heterocycles. The summed E-state index contributed by atoms with van der Waals surface area (Å²) < 4.78 is 11.8. The highest BCUT2D eigenvalue weighted by Gasteiger charge is 2.35. The Morgan fingerprint density at radius 1 is 1.30 bits per heavy atom. The van der Waals surface area contributed by atoms with Gasteiger partial charge in [0.1, 0.15) is 6.10 Å². The number of amides is 1. The van der Waals surface area contributed by atoms with Crippen molar-refractivity contribution in [2.24, 2.45) is 0 Å². The van der Waals surface area contributed by atoms with Crippen molar-refractivity contribution in [3.05, 3.63) is 47.8 Å². The van der Waals surface area contributed by atoms with E-state index in [0.29, 0.717) is 25.6 Å². The quantitative estimate of drug-likeness (QED) is 0.820. The second-order valence-electron chi connectivity index (χ2n) is 7.12. The summed E-state index contributed by atoms with van der Waals surface area (Å²) >= 11 is 0. The van der Waals surface area contributed by atoms with Gasteiger partial charge in [0.15, 0.2) is 11.9 Å². The Morgan fingerprint density at radius 2 is 2.15 bits per heavy atom. The maximum atomic E-state index is 13.0. The Morgan fingerprint density at radius 3 is 3.00 bits per heavy atom. The summed E-state index contributed by atoms with van der Waals surface area (Å²) in [7, 11) is 3.82. The van der Waals surface area contributed by atoms with Gasteiger partial charge in [0.05, 0.1) is 25.5 Å². The molecule has 0 unspecified atom stereocenters. The van der Waals surface area contributed by atoms with E-state index < -0.39 is 6.10 Å². The molecule has 2 aromatic rings. The first-order chi connectivity index (χ1) is 13.1. The van der Waals surface area contributed by atoms with Gasteiger partial charge in [0.25, 0.3) is 5.91 Å². The van der Waals surface area contributed by atoms with Gasteiger partial charge in [-0.15, -0.1) is 0 Å². The molecular formula is C20H24N4O3. The first-order valence-corrected chi connectivity index (χ1v) is 9.26. The molecule has 0 spiro atoms. The number of aromatic nitrogens is 2. The molecule has 0 N–H and O–H groups in total. The second-order valence-corrected chi connectivity index (χ2v) is 7.12. The lowest BCUT2D eigenvalue weighted by Gasteiger charge is -2.28. The normalized spacial score (nSPS) is 21.6. The Labute approximate surface area is 158 Å². The zero-order valence-electron chi connectivity index (χ0n) is 15.7. The molecule has 0 saturated carbocycles. The van der Waals surface area contributed by atoms with E-state index in [4.69, 9.17) is 9.47 Å². The Bertz CT molecular complexity index is 826. The van der Waals surface area contributed by atoms with Crippen molar-refractivity contribution in [2.45, 2.75) is 25.0 Å². The van der Waals surface area contributed by atoms with Gasteiger partial charge < -0.3 is 19.3 Å². The van der Waals surface area contributed by atoms with Crippen LogP contribution in [0.25, 0.3) is 0 Å². The van der Waals surface area contributed by atoms with Crippen molar-refractivity contribution >= 4 is 11.7 Å². The van der Waals surface area contributed by atoms with Gasteiger partial charge in [0.2, 0.25) is 5.88 Å². The largest absolute Gasteiger partial charge is 0.471 e. The number of likely N-dealkylation sites (tertiary alicyclic amines) is 1. The molecule has 1 fully saturated rings. The molecule has 1 amide bonds. The maximum Gasteiger partial charge on any atom is 0.256 e. The fourth-order valence-electron chi connectivity index (χ4n) is 3.57. The minimum atomic E-state index is -0.509. The minimum Gasteiger partial charge on any atom is -0.471 e. The predicted molar refractivity (Wildman–Crippen MR) is 101 cm³/mol. The average Bonchev–Trinajstić information content (AvgIpc) is 3.15. The summed E-state index contributed by atoms with van der Waals surface area (Å²) in [5.74, 6) is 1.24. The fourth-order valence-corrected chi connectivity index (χ4v) is 3.57. The van der Waals surface area contributed by atoms with Crippen LogP contribution in [0.15, 0.2) is 36.7 Å². The van der Waals surface area contributed by atoms with E-state index >= 15 is 0 Å². The van der Waals surface area contributed by atoms with Gasteiger partial charge in [-0.25, -0.2) is 0 Å². The van der Waals surface area contributed by atoms with Gasteiger partial charge in [-0.1, -0.05) is 24.3 Å². The molecule has 27 heavy (non-hydrogen) atoms. The first-order valence-electron chi connectivity index (χ1n) is 9.26. The molecule has 7 heteroatoms. The van der Waals surface area contributed by atoms with Crippen LogP contribution in [-0.4, -0.2) is 60.7 Å². The second kappa shape index (κ2) is 7.52. The highest BCUT2D eigenvalue weighted by molar-refractivity contribution is 5.83. The highest BCUT2D eigenvalue weighted by atomic mass is 16.5. The van der Waals surface area contributed by atoms with E-state index in [0.717, 1.165) is 24.2 Å². The standard InChI is InChI=1S/C20H24N4O3/c1-23(2)17-11-21-12-18(22-17)27-15-7-9-24(13-15)20(25)19-16-6-4-3-5-14(16)8-10-26-19/h3-6,11-12,15,19H,7-10,13H2,1-2H3/t15-,19+/m0/s1. The van der Waals surface area contributed by atoms with Crippen LogP contribution in [0, 0.1) is 0 Å². The van der Waals surface area contributed by atoms with Gasteiger partial charge in [0, 0.05) is 27.1 Å². The number of rotatable bonds is 4. The summed E-state index contributed by atoms with van der Waals surface area (Å²) in [6.45, 7) is 1.77. The molecular weight excluding hydrogens is 344 g/mol. The minimum absolute atomic E-state index is 0.0152. The van der Waals surface area contributed by atoms with Crippen LogP contribution in [0.3, 0.4) is 0 Å². The van der Waals surface area contributed by atoms with Gasteiger partial charge >= 0.3 is 0 Å². The number of carbonyl (C=O) groups excluding carboxylic acids is 1. The van der Waals surface area contributed by atoms with E-state index in [1.54, 1.807) is 12.4 Å². The van der Waals surface area contributed by atoms with Crippen LogP contribution in [0.2, 0.25) is 0 Å². The third kappa shape index (κ3) is 3.73. The lowest BCUT2D eigenvalue weighted by molar-refractivity contribution is -0.144. The lowest BCUT2D eigenvalue weighted by Crippen LogP contribution is -2.37. The summed E-state index contributed by atoms with van der Waals surface area (Å²) in [4.78, 5) is 25.3. The number of fused-ring (bicyclic) bond motifs is 1. The van der Waals surface area contributed by atoms with Crippen molar-refractivity contribution in [3.8, 4) is 5.88 Å². The number of benzene rings is 1. The van der Waals surface area contributed by atoms with Crippen LogP contribution in [0.4, 0.5) is 5.82 Å². The molecule has 2 atom stereocenters. The summed E-state index contributed by atoms with van der Waals surface area (Å²) in [5.41, 5.74) is 2.19. The van der Waals surface area contributed by atoms with E-state index in [1.807, 2.05) is 42.1 Å². The fraction of sp³-hybridized carbons (Fsp3) is 0.450. The molecule has 4 rings (SSSR count). The Hall–Kier alpha value is -2.67. The SMILES string of the molecule is CN(C)c1cncc(O[C@H]2CCN(C(=O)[C@@H]3OCCc4ccccc43)C2)n1. The number of hydrogen-bond acceptors (Lipinski definition) is 6. The summed E-state index contributed by atoms with van der Waals surface area (Å²) in [5, 5.41) is 0. The highest BCUT2D eigenvalue weighted by Crippen LogP contribution is 2.30. The summed E-state index contributed by atoms with van der Waals surface area (Å²) in [6, 6.07) is 8.03. The molecule has 142 valence electrons. The van der Waals surface area contributed by atoms with E-state index in [1.165, 1.54) is 5.56 Å². The van der Waals surface area contributed by atoms with Crippen LogP contribution >= 0.6 is 0 Å². The van der Waals surface area contributed by atoms with Crippen LogP contribution in [0.1, 0.15) is 23.7 Å².